The normalized spacial score (nSPS) is 14.8. The fourth-order valence-corrected chi connectivity index (χ4v) is 2.09. The van der Waals surface area contributed by atoms with Crippen LogP contribution in [0.1, 0.15) is 24.1 Å². The van der Waals surface area contributed by atoms with Crippen LogP contribution < -0.4 is 4.90 Å². The highest BCUT2D eigenvalue weighted by molar-refractivity contribution is 6.17. The second-order valence-corrected chi connectivity index (χ2v) is 5.30. The van der Waals surface area contributed by atoms with Crippen LogP contribution in [0.4, 0.5) is 5.69 Å². The van der Waals surface area contributed by atoms with Crippen LogP contribution in [0.5, 0.6) is 0 Å². The maximum Gasteiger partial charge on any atom is 0.0641 e. The van der Waals surface area contributed by atoms with Crippen LogP contribution in [-0.4, -0.2) is 31.8 Å². The van der Waals surface area contributed by atoms with Crippen molar-refractivity contribution in [3.63, 3.8) is 0 Å². The SMILES string of the molecule is Cc1cc(N(C)CCOCC2CC2)c(CCl)cn1. The number of rotatable bonds is 7. The van der Waals surface area contributed by atoms with Crippen molar-refractivity contribution in [2.24, 2.45) is 5.92 Å². The standard InChI is InChI=1S/C14H21ClN2O/c1-11-7-14(13(8-15)9-16-11)17(2)5-6-18-10-12-3-4-12/h7,9,12H,3-6,8,10H2,1-2H3. The molecule has 1 fully saturated rings. The van der Waals surface area contributed by atoms with E-state index in [1.54, 1.807) is 0 Å². The van der Waals surface area contributed by atoms with Crippen LogP contribution in [0.15, 0.2) is 12.3 Å². The van der Waals surface area contributed by atoms with Gasteiger partial charge in [-0.1, -0.05) is 0 Å². The number of anilines is 1. The predicted molar refractivity (Wildman–Crippen MR) is 75.3 cm³/mol. The Morgan fingerprint density at radius 1 is 1.50 bits per heavy atom. The van der Waals surface area contributed by atoms with Crippen LogP contribution in [0.25, 0.3) is 0 Å². The number of pyridine rings is 1. The van der Waals surface area contributed by atoms with Gasteiger partial charge in [-0.2, -0.15) is 0 Å². The Morgan fingerprint density at radius 2 is 2.28 bits per heavy atom. The van der Waals surface area contributed by atoms with E-state index in [4.69, 9.17) is 16.3 Å². The lowest BCUT2D eigenvalue weighted by Crippen LogP contribution is -2.24. The maximum absolute atomic E-state index is 5.94. The number of hydrogen-bond donors (Lipinski definition) is 0. The molecule has 0 atom stereocenters. The Balaban J connectivity index is 1.85. The molecule has 3 nitrogen and oxygen atoms in total. The van der Waals surface area contributed by atoms with Crippen molar-refractivity contribution in [2.45, 2.75) is 25.6 Å². The number of likely N-dealkylation sites (N-methyl/N-ethyl adjacent to an activating group) is 1. The Morgan fingerprint density at radius 3 is 2.94 bits per heavy atom. The molecule has 0 spiro atoms. The lowest BCUT2D eigenvalue weighted by atomic mass is 10.2. The van der Waals surface area contributed by atoms with Gasteiger partial charge in [0.25, 0.3) is 0 Å². The van der Waals surface area contributed by atoms with Gasteiger partial charge >= 0.3 is 0 Å². The van der Waals surface area contributed by atoms with Gasteiger partial charge in [0.2, 0.25) is 0 Å². The van der Waals surface area contributed by atoms with Crippen LogP contribution in [-0.2, 0) is 10.6 Å². The molecule has 0 bridgehead atoms. The molecular formula is C14H21ClN2O. The van der Waals surface area contributed by atoms with Crippen LogP contribution >= 0.6 is 11.6 Å². The summed E-state index contributed by atoms with van der Waals surface area (Å²) in [6.45, 7) is 4.58. The molecule has 100 valence electrons. The van der Waals surface area contributed by atoms with Gasteiger partial charge in [-0.15, -0.1) is 11.6 Å². The fraction of sp³-hybridized carbons (Fsp3) is 0.643. The molecule has 0 saturated heterocycles. The lowest BCUT2D eigenvalue weighted by Gasteiger charge is -2.22. The van der Waals surface area contributed by atoms with Gasteiger partial charge < -0.3 is 9.64 Å². The molecule has 0 radical (unpaired) electrons. The third-order valence-electron chi connectivity index (χ3n) is 3.28. The highest BCUT2D eigenvalue weighted by atomic mass is 35.5. The average molecular weight is 269 g/mol. The number of aromatic nitrogens is 1. The summed E-state index contributed by atoms with van der Waals surface area (Å²) in [4.78, 5) is 6.47. The maximum atomic E-state index is 5.94. The summed E-state index contributed by atoms with van der Waals surface area (Å²) in [7, 11) is 2.07. The molecule has 1 heterocycles. The van der Waals surface area contributed by atoms with E-state index in [1.807, 2.05) is 13.1 Å². The number of nitrogens with zero attached hydrogens (tertiary/aromatic N) is 2. The summed E-state index contributed by atoms with van der Waals surface area (Å²) in [6.07, 6.45) is 4.55. The molecule has 0 amide bonds. The predicted octanol–water partition coefficient (Wildman–Crippen LogP) is 2.99. The van der Waals surface area contributed by atoms with Gasteiger partial charge in [0.15, 0.2) is 0 Å². The van der Waals surface area contributed by atoms with E-state index in [0.717, 1.165) is 42.6 Å². The second kappa shape index (κ2) is 6.39. The highest BCUT2D eigenvalue weighted by Gasteiger charge is 2.21. The molecule has 1 aliphatic rings. The van der Waals surface area contributed by atoms with Crippen molar-refractivity contribution in [1.82, 2.24) is 4.98 Å². The van der Waals surface area contributed by atoms with E-state index in [2.05, 4.69) is 23.0 Å². The van der Waals surface area contributed by atoms with Crippen molar-refractivity contribution < 1.29 is 4.74 Å². The third-order valence-corrected chi connectivity index (χ3v) is 3.56. The Kier molecular flexibility index (Phi) is 4.84. The van der Waals surface area contributed by atoms with Crippen molar-refractivity contribution in [3.05, 3.63) is 23.5 Å². The minimum absolute atomic E-state index is 0.496. The van der Waals surface area contributed by atoms with E-state index in [0.29, 0.717) is 5.88 Å². The van der Waals surface area contributed by atoms with Crippen molar-refractivity contribution in [2.75, 3.05) is 31.7 Å². The summed E-state index contributed by atoms with van der Waals surface area (Å²) < 4.78 is 5.66. The summed E-state index contributed by atoms with van der Waals surface area (Å²) in [5, 5.41) is 0. The van der Waals surface area contributed by atoms with Crippen molar-refractivity contribution >= 4 is 17.3 Å². The molecular weight excluding hydrogens is 248 g/mol. The Hall–Kier alpha value is -0.800. The summed E-state index contributed by atoms with van der Waals surface area (Å²) in [5.74, 6) is 1.33. The largest absolute Gasteiger partial charge is 0.379 e. The smallest absolute Gasteiger partial charge is 0.0641 e. The molecule has 0 aliphatic heterocycles. The zero-order chi connectivity index (χ0) is 13.0. The first-order valence-electron chi connectivity index (χ1n) is 6.51. The van der Waals surface area contributed by atoms with Crippen LogP contribution in [0, 0.1) is 12.8 Å². The van der Waals surface area contributed by atoms with Crippen LogP contribution in [0.3, 0.4) is 0 Å². The molecule has 1 aliphatic carbocycles. The minimum Gasteiger partial charge on any atom is -0.379 e. The van der Waals surface area contributed by atoms with E-state index in [-0.39, 0.29) is 0 Å². The van der Waals surface area contributed by atoms with E-state index in [9.17, 15) is 0 Å². The van der Waals surface area contributed by atoms with Crippen LogP contribution in [0.2, 0.25) is 0 Å². The molecule has 18 heavy (non-hydrogen) atoms. The zero-order valence-corrected chi connectivity index (χ0v) is 11.9. The molecule has 1 aromatic heterocycles. The molecule has 1 saturated carbocycles. The first-order chi connectivity index (χ1) is 8.70. The molecule has 0 unspecified atom stereocenters. The van der Waals surface area contributed by atoms with Gasteiger partial charge in [0.1, 0.15) is 0 Å². The quantitative estimate of drug-likeness (QED) is 0.562. The number of hydrogen-bond acceptors (Lipinski definition) is 3. The van der Waals surface area contributed by atoms with Crippen molar-refractivity contribution in [3.8, 4) is 0 Å². The molecule has 0 N–H and O–H groups in total. The molecule has 0 aromatic carbocycles. The van der Waals surface area contributed by atoms with Gasteiger partial charge in [-0.25, -0.2) is 0 Å². The van der Waals surface area contributed by atoms with Gasteiger partial charge in [-0.05, 0) is 31.7 Å². The molecule has 1 aromatic rings. The first-order valence-corrected chi connectivity index (χ1v) is 7.04. The molecule has 4 heteroatoms. The van der Waals surface area contributed by atoms with E-state index >= 15 is 0 Å². The summed E-state index contributed by atoms with van der Waals surface area (Å²) >= 11 is 5.94. The third kappa shape index (κ3) is 3.85. The minimum atomic E-state index is 0.496. The van der Waals surface area contributed by atoms with E-state index < -0.39 is 0 Å². The molecule has 2 rings (SSSR count). The monoisotopic (exact) mass is 268 g/mol. The Labute approximate surface area is 114 Å². The highest BCUT2D eigenvalue weighted by Crippen LogP contribution is 2.28. The van der Waals surface area contributed by atoms with Crippen molar-refractivity contribution in [1.29, 1.82) is 0 Å². The fourth-order valence-electron chi connectivity index (χ4n) is 1.89. The number of aryl methyl sites for hydroxylation is 1. The summed E-state index contributed by atoms with van der Waals surface area (Å²) in [5.41, 5.74) is 3.25. The number of ether oxygens (including phenoxy) is 1. The zero-order valence-electron chi connectivity index (χ0n) is 11.2. The topological polar surface area (TPSA) is 25.4 Å². The number of alkyl halides is 1. The average Bonchev–Trinajstić information content (AvgIpc) is 3.18. The lowest BCUT2D eigenvalue weighted by molar-refractivity contribution is 0.131. The van der Waals surface area contributed by atoms with Gasteiger partial charge in [0, 0.05) is 43.3 Å². The van der Waals surface area contributed by atoms with Gasteiger partial charge in [-0.3, -0.25) is 4.98 Å². The summed E-state index contributed by atoms with van der Waals surface area (Å²) in [6, 6.07) is 2.08. The van der Waals surface area contributed by atoms with Gasteiger partial charge in [0.05, 0.1) is 12.5 Å². The second-order valence-electron chi connectivity index (χ2n) is 5.03. The van der Waals surface area contributed by atoms with E-state index in [1.165, 1.54) is 12.8 Å². The number of halogens is 1. The Bertz CT molecular complexity index is 393. The first kappa shape index (κ1) is 13.6.